The maximum atomic E-state index is 12.6. The number of halogens is 1. The van der Waals surface area contributed by atoms with E-state index in [9.17, 15) is 9.59 Å². The van der Waals surface area contributed by atoms with Crippen LogP contribution in [-0.2, 0) is 17.9 Å². The number of hydrogen-bond acceptors (Lipinski definition) is 4. The van der Waals surface area contributed by atoms with E-state index in [0.29, 0.717) is 18.8 Å². The summed E-state index contributed by atoms with van der Waals surface area (Å²) in [5.74, 6) is -1.20. The Labute approximate surface area is 150 Å². The molecule has 0 atom stereocenters. The topological polar surface area (TPSA) is 78.7 Å². The fraction of sp³-hybridized carbons (Fsp3) is 0.353. The van der Waals surface area contributed by atoms with Gasteiger partial charge in [0.25, 0.3) is 5.91 Å². The van der Waals surface area contributed by atoms with Crippen LogP contribution in [0.2, 0.25) is 5.02 Å². The van der Waals surface area contributed by atoms with Crippen LogP contribution in [0.25, 0.3) is 0 Å². The minimum atomic E-state index is -1.02. The number of carboxylic acid groups (broad SMARTS) is 1. The highest BCUT2D eigenvalue weighted by Gasteiger charge is 2.24. The normalized spacial score (nSPS) is 15.3. The van der Waals surface area contributed by atoms with Crippen LogP contribution in [-0.4, -0.2) is 62.7 Å². The van der Waals surface area contributed by atoms with E-state index in [1.165, 1.54) is 16.4 Å². The Morgan fingerprint density at radius 1 is 1.08 bits per heavy atom. The van der Waals surface area contributed by atoms with Crippen LogP contribution in [0.1, 0.15) is 16.1 Å². The molecule has 0 unspecified atom stereocenters. The molecule has 8 heteroatoms. The first-order valence-corrected chi connectivity index (χ1v) is 8.40. The smallest absolute Gasteiger partial charge is 0.325 e. The second kappa shape index (κ2) is 7.67. The third-order valence-electron chi connectivity index (χ3n) is 4.20. The zero-order valence-corrected chi connectivity index (χ0v) is 14.4. The number of piperazine rings is 1. The van der Waals surface area contributed by atoms with Crippen LogP contribution in [0.3, 0.4) is 0 Å². The quantitative estimate of drug-likeness (QED) is 0.873. The van der Waals surface area contributed by atoms with Gasteiger partial charge < -0.3 is 10.0 Å². The fourth-order valence-corrected chi connectivity index (χ4v) is 3.01. The molecule has 0 aliphatic carbocycles. The molecule has 1 saturated heterocycles. The van der Waals surface area contributed by atoms with Gasteiger partial charge in [-0.2, -0.15) is 5.10 Å². The first-order chi connectivity index (χ1) is 12.0. The number of carboxylic acids is 1. The van der Waals surface area contributed by atoms with Crippen LogP contribution >= 0.6 is 11.6 Å². The molecule has 1 aliphatic rings. The molecule has 1 fully saturated rings. The van der Waals surface area contributed by atoms with Gasteiger partial charge in [-0.1, -0.05) is 23.7 Å². The summed E-state index contributed by atoms with van der Waals surface area (Å²) in [4.78, 5) is 27.5. The van der Waals surface area contributed by atoms with Crippen LogP contribution in [0.5, 0.6) is 0 Å². The summed E-state index contributed by atoms with van der Waals surface area (Å²) in [6, 6.07) is 9.32. The van der Waals surface area contributed by atoms with Gasteiger partial charge in [0.15, 0.2) is 0 Å². The average molecular weight is 363 g/mol. The molecule has 1 aliphatic heterocycles. The predicted molar refractivity (Wildman–Crippen MR) is 92.5 cm³/mol. The molecule has 7 nitrogen and oxygen atoms in total. The van der Waals surface area contributed by atoms with Gasteiger partial charge >= 0.3 is 5.97 Å². The van der Waals surface area contributed by atoms with E-state index in [1.54, 1.807) is 11.0 Å². The molecule has 1 N–H and O–H groups in total. The van der Waals surface area contributed by atoms with Crippen molar-refractivity contribution < 1.29 is 14.7 Å². The zero-order valence-electron chi connectivity index (χ0n) is 13.6. The summed E-state index contributed by atoms with van der Waals surface area (Å²) in [5, 5.41) is 13.5. The highest BCUT2D eigenvalue weighted by atomic mass is 35.5. The summed E-state index contributed by atoms with van der Waals surface area (Å²) in [5.41, 5.74) is 1.50. The molecule has 0 radical (unpaired) electrons. The summed E-state index contributed by atoms with van der Waals surface area (Å²) in [6.45, 7) is 3.24. The van der Waals surface area contributed by atoms with Gasteiger partial charge in [-0.15, -0.1) is 0 Å². The van der Waals surface area contributed by atoms with E-state index in [2.05, 4.69) is 10.00 Å². The SMILES string of the molecule is O=C(O)Cn1nccc1C(=O)N1CCN(Cc2ccc(Cl)cc2)CC1. The molecule has 132 valence electrons. The molecule has 3 rings (SSSR count). The minimum Gasteiger partial charge on any atom is -0.480 e. The molecule has 1 amide bonds. The molecule has 25 heavy (non-hydrogen) atoms. The van der Waals surface area contributed by atoms with Crippen molar-refractivity contribution in [3.8, 4) is 0 Å². The predicted octanol–water partition coefficient (Wildman–Crippen LogP) is 1.58. The Balaban J connectivity index is 1.57. The van der Waals surface area contributed by atoms with Crippen molar-refractivity contribution in [1.29, 1.82) is 0 Å². The lowest BCUT2D eigenvalue weighted by Crippen LogP contribution is -2.48. The van der Waals surface area contributed by atoms with Crippen molar-refractivity contribution in [2.45, 2.75) is 13.1 Å². The molecule has 0 spiro atoms. The minimum absolute atomic E-state index is 0.176. The van der Waals surface area contributed by atoms with E-state index >= 15 is 0 Å². The largest absolute Gasteiger partial charge is 0.480 e. The van der Waals surface area contributed by atoms with Crippen molar-refractivity contribution in [2.24, 2.45) is 0 Å². The second-order valence-electron chi connectivity index (χ2n) is 5.96. The van der Waals surface area contributed by atoms with Gasteiger partial charge in [-0.3, -0.25) is 14.5 Å². The van der Waals surface area contributed by atoms with E-state index in [0.717, 1.165) is 24.7 Å². The summed E-state index contributed by atoms with van der Waals surface area (Å²) < 4.78 is 1.23. The van der Waals surface area contributed by atoms with Crippen molar-refractivity contribution in [1.82, 2.24) is 19.6 Å². The van der Waals surface area contributed by atoms with Gasteiger partial charge in [-0.25, -0.2) is 4.68 Å². The van der Waals surface area contributed by atoms with Crippen molar-refractivity contribution in [3.05, 3.63) is 52.8 Å². The highest BCUT2D eigenvalue weighted by molar-refractivity contribution is 6.30. The number of nitrogens with zero attached hydrogens (tertiary/aromatic N) is 4. The molecule has 0 saturated carbocycles. The molecule has 1 aromatic heterocycles. The van der Waals surface area contributed by atoms with Crippen molar-refractivity contribution >= 4 is 23.5 Å². The summed E-state index contributed by atoms with van der Waals surface area (Å²) in [7, 11) is 0. The first kappa shape index (κ1) is 17.4. The lowest BCUT2D eigenvalue weighted by molar-refractivity contribution is -0.137. The average Bonchev–Trinajstić information content (AvgIpc) is 3.04. The third-order valence-corrected chi connectivity index (χ3v) is 4.45. The number of aliphatic carboxylic acids is 1. The molecule has 0 bridgehead atoms. The number of amides is 1. The van der Waals surface area contributed by atoms with E-state index in [1.807, 2.05) is 24.3 Å². The third kappa shape index (κ3) is 4.37. The van der Waals surface area contributed by atoms with Crippen LogP contribution in [0, 0.1) is 0 Å². The lowest BCUT2D eigenvalue weighted by atomic mass is 10.2. The van der Waals surface area contributed by atoms with E-state index in [-0.39, 0.29) is 12.5 Å². The molecule has 2 heterocycles. The van der Waals surface area contributed by atoms with Gasteiger partial charge in [0.1, 0.15) is 12.2 Å². The Morgan fingerprint density at radius 3 is 2.40 bits per heavy atom. The standard InChI is InChI=1S/C17H19ClN4O3/c18-14-3-1-13(2-4-14)11-20-7-9-21(10-8-20)17(25)15-5-6-19-22(15)12-16(23)24/h1-6H,7-12H2,(H,23,24). The van der Waals surface area contributed by atoms with Crippen molar-refractivity contribution in [2.75, 3.05) is 26.2 Å². The Hall–Kier alpha value is -2.38. The van der Waals surface area contributed by atoms with E-state index < -0.39 is 5.97 Å². The first-order valence-electron chi connectivity index (χ1n) is 8.02. The van der Waals surface area contributed by atoms with Crippen molar-refractivity contribution in [3.63, 3.8) is 0 Å². The maximum absolute atomic E-state index is 12.6. The second-order valence-corrected chi connectivity index (χ2v) is 6.40. The van der Waals surface area contributed by atoms with Crippen LogP contribution in [0.4, 0.5) is 0 Å². The van der Waals surface area contributed by atoms with Gasteiger partial charge in [0, 0.05) is 43.9 Å². The number of rotatable bonds is 5. The number of aromatic nitrogens is 2. The highest BCUT2D eigenvalue weighted by Crippen LogP contribution is 2.14. The molecular weight excluding hydrogens is 344 g/mol. The molecule has 2 aromatic rings. The van der Waals surface area contributed by atoms with Gasteiger partial charge in [0.05, 0.1) is 0 Å². The van der Waals surface area contributed by atoms with Gasteiger partial charge in [-0.05, 0) is 23.8 Å². The van der Waals surface area contributed by atoms with Crippen LogP contribution < -0.4 is 0 Å². The number of carbonyl (C=O) groups excluding carboxylic acids is 1. The number of carbonyl (C=O) groups is 2. The summed E-state index contributed by atoms with van der Waals surface area (Å²) >= 11 is 5.90. The van der Waals surface area contributed by atoms with E-state index in [4.69, 9.17) is 16.7 Å². The molecule has 1 aromatic carbocycles. The number of benzene rings is 1. The summed E-state index contributed by atoms with van der Waals surface area (Å²) in [6.07, 6.45) is 1.45. The fourth-order valence-electron chi connectivity index (χ4n) is 2.89. The molecular formula is C17H19ClN4O3. The lowest BCUT2D eigenvalue weighted by Gasteiger charge is -2.34. The Bertz CT molecular complexity index is 752. The van der Waals surface area contributed by atoms with Gasteiger partial charge in [0.2, 0.25) is 0 Å². The Morgan fingerprint density at radius 2 is 1.76 bits per heavy atom. The number of hydrogen-bond donors (Lipinski definition) is 1. The monoisotopic (exact) mass is 362 g/mol. The van der Waals surface area contributed by atoms with Crippen LogP contribution in [0.15, 0.2) is 36.5 Å². The zero-order chi connectivity index (χ0) is 17.8. The maximum Gasteiger partial charge on any atom is 0.325 e. The Kier molecular flexibility index (Phi) is 5.35.